The van der Waals surface area contributed by atoms with Crippen LogP contribution in [0.5, 0.6) is 11.5 Å². The minimum atomic E-state index is -4.54. The van der Waals surface area contributed by atoms with E-state index < -0.39 is 41.9 Å². The number of ether oxygens (including phenoxy) is 1. The molecule has 0 spiro atoms. The zero-order valence-electron chi connectivity index (χ0n) is 18.8. The highest BCUT2D eigenvalue weighted by molar-refractivity contribution is 6.01. The third-order valence-corrected chi connectivity index (χ3v) is 6.51. The molecule has 4 rings (SSSR count). The second-order valence-electron chi connectivity index (χ2n) is 8.94. The van der Waals surface area contributed by atoms with Crippen molar-refractivity contribution < 1.29 is 27.5 Å². The molecule has 0 saturated carbocycles. The van der Waals surface area contributed by atoms with Crippen LogP contribution in [-0.4, -0.2) is 24.0 Å². The topological polar surface area (TPSA) is 67.4 Å². The molecule has 5 nitrogen and oxygen atoms in total. The lowest BCUT2D eigenvalue weighted by atomic mass is 9.78. The van der Waals surface area contributed by atoms with Crippen molar-refractivity contribution in [3.63, 3.8) is 0 Å². The van der Waals surface area contributed by atoms with Crippen LogP contribution in [0.2, 0.25) is 0 Å². The number of fused-ring (bicyclic) bond motifs is 2. The van der Waals surface area contributed by atoms with Gasteiger partial charge in [-0.2, -0.15) is 13.2 Å². The predicted octanol–water partition coefficient (Wildman–Crippen LogP) is 5.10. The zero-order chi connectivity index (χ0) is 23.9. The molecule has 2 aromatic carbocycles. The van der Waals surface area contributed by atoms with Crippen molar-refractivity contribution in [3.8, 4) is 11.5 Å². The summed E-state index contributed by atoms with van der Waals surface area (Å²) < 4.78 is 46.0. The van der Waals surface area contributed by atoms with Gasteiger partial charge < -0.3 is 15.4 Å². The number of alkyl halides is 3. The molecular weight excluding hydrogens is 433 g/mol. The first-order valence-corrected chi connectivity index (χ1v) is 11.2. The van der Waals surface area contributed by atoms with Crippen LogP contribution in [0.25, 0.3) is 0 Å². The molecular formula is C25H27F3N2O3. The highest BCUT2D eigenvalue weighted by atomic mass is 19.4. The maximum atomic E-state index is 13.4. The second kappa shape index (κ2) is 8.72. The van der Waals surface area contributed by atoms with Crippen LogP contribution in [0.1, 0.15) is 54.5 Å². The first-order chi connectivity index (χ1) is 15.6. The van der Waals surface area contributed by atoms with E-state index in [0.717, 1.165) is 22.3 Å². The first kappa shape index (κ1) is 23.1. The lowest BCUT2D eigenvalue weighted by Gasteiger charge is -2.37. The van der Waals surface area contributed by atoms with Gasteiger partial charge in [0.25, 0.3) is 0 Å². The summed E-state index contributed by atoms with van der Waals surface area (Å²) in [5.41, 5.74) is 3.41. The van der Waals surface area contributed by atoms with Gasteiger partial charge in [0.1, 0.15) is 23.5 Å². The molecule has 2 heterocycles. The van der Waals surface area contributed by atoms with Gasteiger partial charge in [-0.25, -0.2) is 0 Å². The van der Waals surface area contributed by atoms with Crippen LogP contribution < -0.4 is 15.4 Å². The Kier molecular flexibility index (Phi) is 6.12. The molecule has 8 heteroatoms. The molecule has 4 unspecified atom stereocenters. The SMILES string of the molecule is CCCC1CC(C(F)(F)F)NC(=O)C1C(=O)NC1c2ccc(C)cc2Oc2cccc(C)c21. The molecule has 33 heavy (non-hydrogen) atoms. The van der Waals surface area contributed by atoms with Crippen LogP contribution in [0, 0.1) is 25.7 Å². The minimum absolute atomic E-state index is 0.305. The maximum absolute atomic E-state index is 13.4. The van der Waals surface area contributed by atoms with E-state index in [9.17, 15) is 22.8 Å². The van der Waals surface area contributed by atoms with Gasteiger partial charge in [-0.05, 0) is 55.9 Å². The van der Waals surface area contributed by atoms with Gasteiger partial charge >= 0.3 is 6.18 Å². The molecule has 0 aliphatic carbocycles. The third kappa shape index (κ3) is 4.43. The first-order valence-electron chi connectivity index (χ1n) is 11.2. The summed E-state index contributed by atoms with van der Waals surface area (Å²) in [5.74, 6) is -2.11. The molecule has 2 N–H and O–H groups in total. The van der Waals surface area contributed by atoms with Crippen LogP contribution in [-0.2, 0) is 9.59 Å². The van der Waals surface area contributed by atoms with Crippen molar-refractivity contribution in [1.29, 1.82) is 0 Å². The largest absolute Gasteiger partial charge is 0.457 e. The lowest BCUT2D eigenvalue weighted by Crippen LogP contribution is -2.58. The molecule has 2 aliphatic rings. The molecule has 4 atom stereocenters. The van der Waals surface area contributed by atoms with Gasteiger partial charge in [0, 0.05) is 11.1 Å². The van der Waals surface area contributed by atoms with Gasteiger partial charge in [0.15, 0.2) is 0 Å². The minimum Gasteiger partial charge on any atom is -0.457 e. The summed E-state index contributed by atoms with van der Waals surface area (Å²) >= 11 is 0. The summed E-state index contributed by atoms with van der Waals surface area (Å²) in [4.78, 5) is 26.1. The molecule has 2 aliphatic heterocycles. The Morgan fingerprint density at radius 1 is 1.18 bits per heavy atom. The van der Waals surface area contributed by atoms with Crippen molar-refractivity contribution in [1.82, 2.24) is 10.6 Å². The number of hydrogen-bond acceptors (Lipinski definition) is 3. The van der Waals surface area contributed by atoms with E-state index >= 15 is 0 Å². The van der Waals surface area contributed by atoms with E-state index in [0.29, 0.717) is 24.3 Å². The molecule has 176 valence electrons. The Hall–Kier alpha value is -3.03. The number of benzene rings is 2. The predicted molar refractivity (Wildman–Crippen MR) is 117 cm³/mol. The van der Waals surface area contributed by atoms with Crippen molar-refractivity contribution in [2.24, 2.45) is 11.8 Å². The van der Waals surface area contributed by atoms with Crippen LogP contribution in [0.4, 0.5) is 13.2 Å². The van der Waals surface area contributed by atoms with Gasteiger partial charge in [-0.15, -0.1) is 0 Å². The van der Waals surface area contributed by atoms with Crippen molar-refractivity contribution in [3.05, 3.63) is 58.7 Å². The average Bonchev–Trinajstić information content (AvgIpc) is 2.72. The van der Waals surface area contributed by atoms with E-state index in [-0.39, 0.29) is 6.42 Å². The number of rotatable bonds is 4. The Balaban J connectivity index is 1.67. The van der Waals surface area contributed by atoms with Crippen LogP contribution in [0.3, 0.4) is 0 Å². The summed E-state index contributed by atoms with van der Waals surface area (Å²) in [6.45, 7) is 5.67. The molecule has 0 radical (unpaired) electrons. The van der Waals surface area contributed by atoms with Gasteiger partial charge in [-0.1, -0.05) is 37.6 Å². The van der Waals surface area contributed by atoms with Crippen LogP contribution >= 0.6 is 0 Å². The molecule has 2 amide bonds. The van der Waals surface area contributed by atoms with Gasteiger partial charge in [0.05, 0.1) is 6.04 Å². The van der Waals surface area contributed by atoms with E-state index in [2.05, 4.69) is 5.32 Å². The normalized spacial score (nSPS) is 24.2. The molecule has 0 bridgehead atoms. The molecule has 1 fully saturated rings. The molecule has 1 saturated heterocycles. The Morgan fingerprint density at radius 3 is 2.64 bits per heavy atom. The zero-order valence-corrected chi connectivity index (χ0v) is 18.8. The number of amides is 2. The second-order valence-corrected chi connectivity index (χ2v) is 8.94. The fraction of sp³-hybridized carbons (Fsp3) is 0.440. The van der Waals surface area contributed by atoms with E-state index in [1.54, 1.807) is 0 Å². The fourth-order valence-electron chi connectivity index (χ4n) is 4.91. The number of aryl methyl sites for hydroxylation is 2. The Labute approximate surface area is 190 Å². The highest BCUT2D eigenvalue weighted by Crippen LogP contribution is 2.45. The fourth-order valence-corrected chi connectivity index (χ4v) is 4.91. The van der Waals surface area contributed by atoms with Crippen molar-refractivity contribution in [2.75, 3.05) is 0 Å². The third-order valence-electron chi connectivity index (χ3n) is 6.51. The molecule has 2 aromatic rings. The number of hydrogen-bond donors (Lipinski definition) is 2. The molecule has 0 aromatic heterocycles. The summed E-state index contributed by atoms with van der Waals surface area (Å²) in [5, 5.41) is 4.99. The maximum Gasteiger partial charge on any atom is 0.408 e. The van der Waals surface area contributed by atoms with E-state index in [1.807, 2.05) is 62.5 Å². The van der Waals surface area contributed by atoms with E-state index in [4.69, 9.17) is 4.74 Å². The summed E-state index contributed by atoms with van der Waals surface area (Å²) in [7, 11) is 0. The monoisotopic (exact) mass is 460 g/mol. The smallest absolute Gasteiger partial charge is 0.408 e. The highest BCUT2D eigenvalue weighted by Gasteiger charge is 2.50. The standard InChI is InChI=1S/C25H27F3N2O3/c1-4-6-15-12-19(25(26,27)28)29-23(31)21(15)24(32)30-22-16-10-9-13(2)11-18(16)33-17-8-5-7-14(3)20(17)22/h5,7-11,15,19,21-22H,4,6,12H2,1-3H3,(H,29,31)(H,30,32). The number of carbonyl (C=O) groups excluding carboxylic acids is 2. The van der Waals surface area contributed by atoms with Gasteiger partial charge in [0.2, 0.25) is 11.8 Å². The van der Waals surface area contributed by atoms with Gasteiger partial charge in [-0.3, -0.25) is 9.59 Å². The lowest BCUT2D eigenvalue weighted by molar-refractivity contribution is -0.176. The number of nitrogens with one attached hydrogen (secondary N) is 2. The number of piperidine rings is 1. The summed E-state index contributed by atoms with van der Waals surface area (Å²) in [6.07, 6.45) is -3.91. The summed E-state index contributed by atoms with van der Waals surface area (Å²) in [6, 6.07) is 8.72. The van der Waals surface area contributed by atoms with Crippen LogP contribution in [0.15, 0.2) is 36.4 Å². The van der Waals surface area contributed by atoms with Crippen molar-refractivity contribution >= 4 is 11.8 Å². The Bertz CT molecular complexity index is 1080. The average molecular weight is 460 g/mol. The number of halogens is 3. The van der Waals surface area contributed by atoms with Crippen molar-refractivity contribution in [2.45, 2.75) is 58.3 Å². The number of carbonyl (C=O) groups is 2. The Morgan fingerprint density at radius 2 is 1.94 bits per heavy atom. The van der Waals surface area contributed by atoms with E-state index in [1.165, 1.54) is 0 Å². The quantitative estimate of drug-likeness (QED) is 0.624.